The maximum atomic E-state index is 11.2. The van der Waals surface area contributed by atoms with Crippen molar-refractivity contribution in [3.63, 3.8) is 0 Å². The molecule has 1 rings (SSSR count). The minimum atomic E-state index is -0.745. The molecule has 17 heavy (non-hydrogen) atoms. The topological polar surface area (TPSA) is 67.8 Å². The molecule has 0 aliphatic rings. The van der Waals surface area contributed by atoms with Crippen LogP contribution >= 0.6 is 11.3 Å². The van der Waals surface area contributed by atoms with Gasteiger partial charge in [-0.3, -0.25) is 4.84 Å². The predicted molar refractivity (Wildman–Crippen MR) is 64.6 cm³/mol. The summed E-state index contributed by atoms with van der Waals surface area (Å²) in [5, 5.41) is 11.5. The average Bonchev–Trinajstić information content (AvgIpc) is 2.66. The number of carbonyl (C=O) groups is 1. The molecule has 0 bridgehead atoms. The highest BCUT2D eigenvalue weighted by atomic mass is 32.1. The molecule has 1 heterocycles. The van der Waals surface area contributed by atoms with E-state index in [2.05, 4.69) is 5.48 Å². The standard InChI is InChI=1S/C11H17NO4S/c1-11(2,3)16-10(14)12-15-7-8(13)9-5-4-6-17-9/h4-6,8,13H,7H2,1-3H3,(H,12,14). The maximum absolute atomic E-state index is 11.2. The number of hydrogen-bond acceptors (Lipinski definition) is 5. The van der Waals surface area contributed by atoms with Gasteiger partial charge in [0.1, 0.15) is 18.3 Å². The largest absolute Gasteiger partial charge is 0.442 e. The molecule has 0 spiro atoms. The van der Waals surface area contributed by atoms with Gasteiger partial charge in [-0.25, -0.2) is 4.79 Å². The van der Waals surface area contributed by atoms with E-state index >= 15 is 0 Å². The Balaban J connectivity index is 2.22. The van der Waals surface area contributed by atoms with E-state index in [9.17, 15) is 9.90 Å². The first kappa shape index (κ1) is 14.0. The Kier molecular flexibility index (Phi) is 4.92. The van der Waals surface area contributed by atoms with Crippen molar-refractivity contribution in [3.05, 3.63) is 22.4 Å². The number of rotatable bonds is 4. The van der Waals surface area contributed by atoms with E-state index in [0.29, 0.717) is 0 Å². The minimum Gasteiger partial charge on any atom is -0.442 e. The Morgan fingerprint density at radius 3 is 2.82 bits per heavy atom. The number of nitrogens with one attached hydrogen (secondary N) is 1. The Morgan fingerprint density at radius 2 is 2.29 bits per heavy atom. The van der Waals surface area contributed by atoms with E-state index in [1.54, 1.807) is 26.8 Å². The fourth-order valence-electron chi connectivity index (χ4n) is 1.04. The molecule has 1 atom stereocenters. The van der Waals surface area contributed by atoms with Crippen molar-refractivity contribution < 1.29 is 19.5 Å². The smallest absolute Gasteiger partial charge is 0.431 e. The first-order valence-corrected chi connectivity index (χ1v) is 6.09. The second kappa shape index (κ2) is 6.00. The molecule has 0 aliphatic carbocycles. The zero-order chi connectivity index (χ0) is 12.9. The SMILES string of the molecule is CC(C)(C)OC(=O)NOCC(O)c1cccs1. The lowest BCUT2D eigenvalue weighted by Crippen LogP contribution is -2.33. The van der Waals surface area contributed by atoms with Gasteiger partial charge in [-0.05, 0) is 32.2 Å². The number of ether oxygens (including phenoxy) is 1. The second-order valence-electron chi connectivity index (χ2n) is 4.45. The third-order valence-corrected chi connectivity index (χ3v) is 2.64. The summed E-state index contributed by atoms with van der Waals surface area (Å²) in [5.74, 6) is 0. The van der Waals surface area contributed by atoms with Crippen molar-refractivity contribution in [1.82, 2.24) is 5.48 Å². The number of amides is 1. The van der Waals surface area contributed by atoms with Crippen LogP contribution in [0.25, 0.3) is 0 Å². The summed E-state index contributed by atoms with van der Waals surface area (Å²) in [7, 11) is 0. The average molecular weight is 259 g/mol. The van der Waals surface area contributed by atoms with E-state index < -0.39 is 17.8 Å². The third kappa shape index (κ3) is 5.67. The molecule has 0 saturated heterocycles. The summed E-state index contributed by atoms with van der Waals surface area (Å²) < 4.78 is 4.96. The van der Waals surface area contributed by atoms with Crippen molar-refractivity contribution in [2.24, 2.45) is 0 Å². The highest BCUT2D eigenvalue weighted by molar-refractivity contribution is 7.10. The van der Waals surface area contributed by atoms with Crippen LogP contribution < -0.4 is 5.48 Å². The van der Waals surface area contributed by atoms with Crippen molar-refractivity contribution in [2.45, 2.75) is 32.5 Å². The Hall–Kier alpha value is -1.11. The highest BCUT2D eigenvalue weighted by Gasteiger charge is 2.16. The molecule has 5 nitrogen and oxygen atoms in total. The molecule has 2 N–H and O–H groups in total. The molecule has 0 aromatic carbocycles. The van der Waals surface area contributed by atoms with E-state index in [4.69, 9.17) is 9.57 Å². The molecule has 0 aliphatic heterocycles. The summed E-state index contributed by atoms with van der Waals surface area (Å²) in [6, 6.07) is 3.64. The van der Waals surface area contributed by atoms with E-state index in [1.807, 2.05) is 11.4 Å². The molecule has 0 saturated carbocycles. The van der Waals surface area contributed by atoms with Crippen LogP contribution in [0.15, 0.2) is 17.5 Å². The first-order chi connectivity index (χ1) is 7.88. The highest BCUT2D eigenvalue weighted by Crippen LogP contribution is 2.18. The van der Waals surface area contributed by atoms with Gasteiger partial charge >= 0.3 is 6.09 Å². The number of aliphatic hydroxyl groups is 1. The molecule has 6 heteroatoms. The second-order valence-corrected chi connectivity index (χ2v) is 5.43. The zero-order valence-electron chi connectivity index (χ0n) is 10.1. The van der Waals surface area contributed by atoms with E-state index in [1.165, 1.54) is 11.3 Å². The molecule has 1 amide bonds. The fourth-order valence-corrected chi connectivity index (χ4v) is 1.74. The normalized spacial score (nSPS) is 13.2. The molecular formula is C11H17NO4S. The summed E-state index contributed by atoms with van der Waals surface area (Å²) in [6.07, 6.45) is -1.42. The monoisotopic (exact) mass is 259 g/mol. The van der Waals surface area contributed by atoms with Crippen molar-refractivity contribution in [2.75, 3.05) is 6.61 Å². The summed E-state index contributed by atoms with van der Waals surface area (Å²) in [4.78, 5) is 16.8. The van der Waals surface area contributed by atoms with Gasteiger partial charge < -0.3 is 9.84 Å². The molecule has 0 fully saturated rings. The van der Waals surface area contributed by atoms with Gasteiger partial charge in [-0.15, -0.1) is 11.3 Å². The minimum absolute atomic E-state index is 0.0141. The fraction of sp³-hybridized carbons (Fsp3) is 0.545. The number of thiophene rings is 1. The van der Waals surface area contributed by atoms with Gasteiger partial charge in [-0.2, -0.15) is 5.48 Å². The van der Waals surface area contributed by atoms with Crippen LogP contribution in [0.5, 0.6) is 0 Å². The van der Waals surface area contributed by atoms with Gasteiger partial charge in [0, 0.05) is 4.88 Å². The van der Waals surface area contributed by atoms with Crippen LogP contribution in [-0.4, -0.2) is 23.4 Å². The number of hydroxylamine groups is 1. The number of aliphatic hydroxyl groups excluding tert-OH is 1. The first-order valence-electron chi connectivity index (χ1n) is 5.21. The molecular weight excluding hydrogens is 242 g/mol. The van der Waals surface area contributed by atoms with Crippen molar-refractivity contribution in [3.8, 4) is 0 Å². The Morgan fingerprint density at radius 1 is 1.59 bits per heavy atom. The van der Waals surface area contributed by atoms with Crippen LogP contribution in [0.1, 0.15) is 31.8 Å². The van der Waals surface area contributed by atoms with Gasteiger partial charge in [-0.1, -0.05) is 6.07 Å². The Bertz CT molecular complexity index is 345. The van der Waals surface area contributed by atoms with Crippen molar-refractivity contribution >= 4 is 17.4 Å². The Labute approximate surface area is 104 Å². The lowest BCUT2D eigenvalue weighted by atomic mass is 10.2. The van der Waals surface area contributed by atoms with Crippen LogP contribution in [-0.2, 0) is 9.57 Å². The van der Waals surface area contributed by atoms with E-state index in [-0.39, 0.29) is 6.61 Å². The van der Waals surface area contributed by atoms with Gasteiger partial charge in [0.2, 0.25) is 0 Å². The van der Waals surface area contributed by atoms with Crippen LogP contribution in [0, 0.1) is 0 Å². The number of carbonyl (C=O) groups excluding carboxylic acids is 1. The zero-order valence-corrected chi connectivity index (χ0v) is 10.9. The summed E-state index contributed by atoms with van der Waals surface area (Å²) >= 11 is 1.43. The molecule has 0 radical (unpaired) electrons. The third-order valence-electron chi connectivity index (χ3n) is 1.67. The van der Waals surface area contributed by atoms with Gasteiger partial charge in [0.05, 0.1) is 0 Å². The predicted octanol–water partition coefficient (Wildman–Crippen LogP) is 2.24. The quantitative estimate of drug-likeness (QED) is 0.814. The van der Waals surface area contributed by atoms with E-state index in [0.717, 1.165) is 4.88 Å². The summed E-state index contributed by atoms with van der Waals surface area (Å²) in [5.41, 5.74) is 1.55. The lowest BCUT2D eigenvalue weighted by molar-refractivity contribution is -0.0356. The molecule has 1 unspecified atom stereocenters. The number of hydrogen-bond donors (Lipinski definition) is 2. The summed E-state index contributed by atoms with van der Waals surface area (Å²) in [6.45, 7) is 5.26. The molecule has 1 aromatic rings. The van der Waals surface area contributed by atoms with Crippen LogP contribution in [0.3, 0.4) is 0 Å². The van der Waals surface area contributed by atoms with Gasteiger partial charge in [0.25, 0.3) is 0 Å². The van der Waals surface area contributed by atoms with Gasteiger partial charge in [0.15, 0.2) is 0 Å². The maximum Gasteiger partial charge on any atom is 0.431 e. The lowest BCUT2D eigenvalue weighted by Gasteiger charge is -2.19. The van der Waals surface area contributed by atoms with Crippen LogP contribution in [0.2, 0.25) is 0 Å². The molecule has 96 valence electrons. The molecule has 1 aromatic heterocycles. The van der Waals surface area contributed by atoms with Crippen molar-refractivity contribution in [1.29, 1.82) is 0 Å². The van der Waals surface area contributed by atoms with Crippen LogP contribution in [0.4, 0.5) is 4.79 Å².